The van der Waals surface area contributed by atoms with E-state index in [9.17, 15) is 4.79 Å². The predicted molar refractivity (Wildman–Crippen MR) is 62.2 cm³/mol. The Morgan fingerprint density at radius 2 is 2.44 bits per heavy atom. The summed E-state index contributed by atoms with van der Waals surface area (Å²) in [6.07, 6.45) is 3.24. The van der Waals surface area contributed by atoms with Crippen LogP contribution < -0.4 is 5.32 Å². The summed E-state index contributed by atoms with van der Waals surface area (Å²) >= 11 is 5.93. The molecule has 0 aliphatic rings. The lowest BCUT2D eigenvalue weighted by Crippen LogP contribution is -2.34. The Bertz CT molecular complexity index is 358. The molecule has 1 N–H and O–H groups in total. The number of hydrogen-bond acceptors (Lipinski definition) is 4. The summed E-state index contributed by atoms with van der Waals surface area (Å²) in [6.45, 7) is 4.44. The quantitative estimate of drug-likeness (QED) is 0.800. The fourth-order valence-electron chi connectivity index (χ4n) is 1.16. The number of halogens is 1. The number of nitrogens with zero attached hydrogens (tertiary/aromatic N) is 1. The molecule has 1 unspecified atom stereocenters. The van der Waals surface area contributed by atoms with E-state index in [1.807, 2.05) is 6.07 Å². The molecule has 0 bridgehead atoms. The Morgan fingerprint density at radius 1 is 1.69 bits per heavy atom. The Kier molecular flexibility index (Phi) is 5.22. The van der Waals surface area contributed by atoms with E-state index in [0.29, 0.717) is 18.2 Å². The monoisotopic (exact) mass is 242 g/mol. The Balaban J connectivity index is 2.46. The van der Waals surface area contributed by atoms with Crippen molar-refractivity contribution in [3.8, 4) is 0 Å². The SMILES string of the molecule is CCOC(=O)C(C)NCc1ccncc1Cl. The predicted octanol–water partition coefficient (Wildman–Crippen LogP) is 1.78. The van der Waals surface area contributed by atoms with Crippen LogP contribution in [-0.2, 0) is 16.1 Å². The Morgan fingerprint density at radius 3 is 3.06 bits per heavy atom. The molecule has 0 spiro atoms. The van der Waals surface area contributed by atoms with Gasteiger partial charge in [-0.1, -0.05) is 11.6 Å². The molecule has 5 heteroatoms. The Labute approximate surface area is 100.0 Å². The molecule has 0 aliphatic heterocycles. The molecule has 0 amide bonds. The van der Waals surface area contributed by atoms with E-state index in [1.165, 1.54) is 0 Å². The van der Waals surface area contributed by atoms with Gasteiger partial charge in [-0.25, -0.2) is 0 Å². The van der Waals surface area contributed by atoms with Crippen molar-refractivity contribution >= 4 is 17.6 Å². The molecule has 0 fully saturated rings. The number of carbonyl (C=O) groups excluding carboxylic acids is 1. The minimum atomic E-state index is -0.343. The van der Waals surface area contributed by atoms with Crippen molar-refractivity contribution in [1.82, 2.24) is 10.3 Å². The highest BCUT2D eigenvalue weighted by Gasteiger charge is 2.13. The molecule has 1 atom stereocenters. The van der Waals surface area contributed by atoms with Crippen molar-refractivity contribution in [3.05, 3.63) is 29.0 Å². The molecule has 16 heavy (non-hydrogen) atoms. The van der Waals surface area contributed by atoms with Crippen LogP contribution >= 0.6 is 11.6 Å². The minimum absolute atomic E-state index is 0.257. The lowest BCUT2D eigenvalue weighted by atomic mass is 10.2. The van der Waals surface area contributed by atoms with Crippen molar-refractivity contribution in [2.24, 2.45) is 0 Å². The van der Waals surface area contributed by atoms with Crippen LogP contribution in [0.2, 0.25) is 5.02 Å². The molecular weight excluding hydrogens is 228 g/mol. The van der Waals surface area contributed by atoms with Crippen LogP contribution in [0, 0.1) is 0 Å². The first kappa shape index (κ1) is 12.9. The molecule has 1 aromatic rings. The van der Waals surface area contributed by atoms with E-state index in [0.717, 1.165) is 5.56 Å². The van der Waals surface area contributed by atoms with Gasteiger partial charge >= 0.3 is 5.97 Å². The minimum Gasteiger partial charge on any atom is -0.465 e. The topological polar surface area (TPSA) is 51.2 Å². The summed E-state index contributed by atoms with van der Waals surface area (Å²) in [6, 6.07) is 1.47. The molecule has 1 rings (SSSR count). The molecular formula is C11H15ClN2O2. The van der Waals surface area contributed by atoms with E-state index in [2.05, 4.69) is 10.3 Å². The number of nitrogens with one attached hydrogen (secondary N) is 1. The first-order valence-electron chi connectivity index (χ1n) is 5.13. The highest BCUT2D eigenvalue weighted by molar-refractivity contribution is 6.31. The molecule has 0 radical (unpaired) electrons. The van der Waals surface area contributed by atoms with Gasteiger partial charge in [0, 0.05) is 18.9 Å². The highest BCUT2D eigenvalue weighted by atomic mass is 35.5. The van der Waals surface area contributed by atoms with Gasteiger partial charge in [0.2, 0.25) is 0 Å². The zero-order chi connectivity index (χ0) is 12.0. The van der Waals surface area contributed by atoms with Crippen molar-refractivity contribution in [2.75, 3.05) is 6.61 Å². The number of hydrogen-bond donors (Lipinski definition) is 1. The van der Waals surface area contributed by atoms with Crippen LogP contribution in [0.5, 0.6) is 0 Å². The van der Waals surface area contributed by atoms with Gasteiger partial charge in [0.25, 0.3) is 0 Å². The average Bonchev–Trinajstić information content (AvgIpc) is 2.28. The molecule has 1 heterocycles. The molecule has 0 aliphatic carbocycles. The number of carbonyl (C=O) groups is 1. The summed E-state index contributed by atoms with van der Waals surface area (Å²) in [7, 11) is 0. The molecule has 4 nitrogen and oxygen atoms in total. The fraction of sp³-hybridized carbons (Fsp3) is 0.455. The summed E-state index contributed by atoms with van der Waals surface area (Å²) in [4.78, 5) is 15.2. The van der Waals surface area contributed by atoms with E-state index in [4.69, 9.17) is 16.3 Å². The van der Waals surface area contributed by atoms with Gasteiger partial charge in [-0.2, -0.15) is 0 Å². The lowest BCUT2D eigenvalue weighted by Gasteiger charge is -2.12. The van der Waals surface area contributed by atoms with Crippen molar-refractivity contribution < 1.29 is 9.53 Å². The first-order chi connectivity index (χ1) is 7.65. The van der Waals surface area contributed by atoms with Gasteiger partial charge < -0.3 is 10.1 Å². The van der Waals surface area contributed by atoms with Crippen LogP contribution in [0.1, 0.15) is 19.4 Å². The third kappa shape index (κ3) is 3.79. The van der Waals surface area contributed by atoms with E-state index in [1.54, 1.807) is 26.2 Å². The van der Waals surface area contributed by atoms with Crippen LogP contribution in [-0.4, -0.2) is 23.6 Å². The van der Waals surface area contributed by atoms with E-state index < -0.39 is 0 Å². The van der Waals surface area contributed by atoms with Gasteiger partial charge in [-0.3, -0.25) is 9.78 Å². The van der Waals surface area contributed by atoms with Crippen molar-refractivity contribution in [2.45, 2.75) is 26.4 Å². The summed E-state index contributed by atoms with van der Waals surface area (Å²) in [5.74, 6) is -0.257. The smallest absolute Gasteiger partial charge is 0.322 e. The third-order valence-electron chi connectivity index (χ3n) is 2.10. The van der Waals surface area contributed by atoms with E-state index in [-0.39, 0.29) is 12.0 Å². The van der Waals surface area contributed by atoms with Gasteiger partial charge in [0.15, 0.2) is 0 Å². The van der Waals surface area contributed by atoms with Gasteiger partial charge in [-0.05, 0) is 25.5 Å². The number of ether oxygens (including phenoxy) is 1. The normalized spacial score (nSPS) is 12.2. The standard InChI is InChI=1S/C11H15ClN2O2/c1-3-16-11(15)8(2)14-6-9-4-5-13-7-10(9)12/h4-5,7-8,14H,3,6H2,1-2H3. The van der Waals surface area contributed by atoms with Gasteiger partial charge in [0.1, 0.15) is 6.04 Å². The molecule has 88 valence electrons. The second-order valence-electron chi connectivity index (χ2n) is 3.32. The first-order valence-corrected chi connectivity index (χ1v) is 5.51. The zero-order valence-corrected chi connectivity index (χ0v) is 10.1. The Hall–Kier alpha value is -1.13. The number of esters is 1. The van der Waals surface area contributed by atoms with Crippen LogP contribution in [0.3, 0.4) is 0 Å². The summed E-state index contributed by atoms with van der Waals surface area (Å²) < 4.78 is 4.88. The third-order valence-corrected chi connectivity index (χ3v) is 2.44. The van der Waals surface area contributed by atoms with Crippen LogP contribution in [0.15, 0.2) is 18.5 Å². The van der Waals surface area contributed by atoms with Crippen molar-refractivity contribution in [1.29, 1.82) is 0 Å². The van der Waals surface area contributed by atoms with Crippen LogP contribution in [0.25, 0.3) is 0 Å². The molecule has 1 aromatic heterocycles. The number of pyridine rings is 1. The van der Waals surface area contributed by atoms with Gasteiger partial charge in [0.05, 0.1) is 11.6 Å². The zero-order valence-electron chi connectivity index (χ0n) is 9.37. The lowest BCUT2D eigenvalue weighted by molar-refractivity contribution is -0.145. The second-order valence-corrected chi connectivity index (χ2v) is 3.73. The molecule has 0 saturated carbocycles. The maximum absolute atomic E-state index is 11.3. The molecule has 0 aromatic carbocycles. The fourth-order valence-corrected chi connectivity index (χ4v) is 1.35. The van der Waals surface area contributed by atoms with E-state index >= 15 is 0 Å². The average molecular weight is 243 g/mol. The maximum atomic E-state index is 11.3. The number of aromatic nitrogens is 1. The highest BCUT2D eigenvalue weighted by Crippen LogP contribution is 2.12. The van der Waals surface area contributed by atoms with Crippen LogP contribution in [0.4, 0.5) is 0 Å². The number of rotatable bonds is 5. The molecule has 0 saturated heterocycles. The maximum Gasteiger partial charge on any atom is 0.322 e. The largest absolute Gasteiger partial charge is 0.465 e. The summed E-state index contributed by atoms with van der Waals surface area (Å²) in [5, 5.41) is 3.63. The van der Waals surface area contributed by atoms with Crippen molar-refractivity contribution in [3.63, 3.8) is 0 Å². The summed E-state index contributed by atoms with van der Waals surface area (Å²) in [5.41, 5.74) is 0.910. The second kappa shape index (κ2) is 6.45. The van der Waals surface area contributed by atoms with Gasteiger partial charge in [-0.15, -0.1) is 0 Å².